The molecule has 0 aliphatic carbocycles. The van der Waals surface area contributed by atoms with Crippen LogP contribution in [-0.4, -0.2) is 29.2 Å². The van der Waals surface area contributed by atoms with Crippen molar-refractivity contribution in [3.8, 4) is 0 Å². The van der Waals surface area contributed by atoms with Gasteiger partial charge in [0.15, 0.2) is 0 Å². The Kier molecular flexibility index (Phi) is 3.59. The summed E-state index contributed by atoms with van der Waals surface area (Å²) in [4.78, 5) is 23.8. The minimum atomic E-state index is -1.00. The van der Waals surface area contributed by atoms with Crippen LogP contribution in [-0.2, 0) is 14.3 Å². The van der Waals surface area contributed by atoms with E-state index in [1.807, 2.05) is 19.1 Å². The molecule has 2 aliphatic heterocycles. The monoisotopic (exact) mass is 351 g/mol. The Morgan fingerprint density at radius 3 is 2.52 bits per heavy atom. The van der Waals surface area contributed by atoms with Gasteiger partial charge in [-0.05, 0) is 40.5 Å². The number of rotatable bonds is 3. The van der Waals surface area contributed by atoms with Gasteiger partial charge >= 0.3 is 5.97 Å². The van der Waals surface area contributed by atoms with Crippen LogP contribution < -0.4 is 5.32 Å². The lowest BCUT2D eigenvalue weighted by Crippen LogP contribution is -2.39. The molecule has 1 amide bonds. The number of anilines is 1. The maximum Gasteiger partial charge on any atom is 0.310 e. The van der Waals surface area contributed by atoms with E-state index in [-0.39, 0.29) is 5.91 Å². The molecule has 6 heteroatoms. The van der Waals surface area contributed by atoms with Crippen molar-refractivity contribution >= 4 is 33.5 Å². The number of aliphatic carboxylic acids is 1. The molecule has 3 rings (SSSR count). The smallest absolute Gasteiger partial charge is 0.310 e. The van der Waals surface area contributed by atoms with Crippen molar-refractivity contribution in [1.29, 1.82) is 0 Å². The number of benzene rings is 1. The molecule has 4 atom stereocenters. The van der Waals surface area contributed by atoms with E-state index < -0.39 is 30.0 Å². The lowest BCUT2D eigenvalue weighted by atomic mass is 9.82. The van der Waals surface area contributed by atoms with Crippen LogP contribution in [0.25, 0.3) is 0 Å². The molecule has 0 radical (unpaired) electrons. The molecule has 2 N–H and O–H groups in total. The first-order chi connectivity index (χ1) is 9.97. The number of carboxylic acids is 1. The van der Waals surface area contributed by atoms with Crippen LogP contribution in [0.1, 0.15) is 5.56 Å². The second-order valence-corrected chi connectivity index (χ2v) is 6.17. The molecule has 2 aliphatic rings. The quantitative estimate of drug-likeness (QED) is 0.819. The highest BCUT2D eigenvalue weighted by molar-refractivity contribution is 9.10. The highest BCUT2D eigenvalue weighted by Crippen LogP contribution is 2.40. The molecule has 21 heavy (non-hydrogen) atoms. The first-order valence-corrected chi connectivity index (χ1v) is 7.40. The Labute approximate surface area is 130 Å². The third-order valence-electron chi connectivity index (χ3n) is 3.87. The van der Waals surface area contributed by atoms with Crippen LogP contribution >= 0.6 is 15.9 Å². The highest BCUT2D eigenvalue weighted by atomic mass is 79.9. The van der Waals surface area contributed by atoms with E-state index in [0.717, 1.165) is 10.0 Å². The van der Waals surface area contributed by atoms with Crippen LogP contribution in [0.2, 0.25) is 0 Å². The van der Waals surface area contributed by atoms with E-state index in [2.05, 4.69) is 21.2 Å². The van der Waals surface area contributed by atoms with Crippen LogP contribution in [0.4, 0.5) is 5.69 Å². The highest BCUT2D eigenvalue weighted by Gasteiger charge is 2.53. The summed E-state index contributed by atoms with van der Waals surface area (Å²) in [5, 5.41) is 12.1. The lowest BCUT2D eigenvalue weighted by molar-refractivity contribution is -0.145. The zero-order valence-corrected chi connectivity index (χ0v) is 12.8. The second kappa shape index (κ2) is 5.27. The number of nitrogens with one attached hydrogen (secondary N) is 1. The summed E-state index contributed by atoms with van der Waals surface area (Å²) in [6.45, 7) is 1.95. The van der Waals surface area contributed by atoms with Gasteiger partial charge in [0.1, 0.15) is 5.92 Å². The lowest BCUT2D eigenvalue weighted by Gasteiger charge is -2.21. The standard InChI is InChI=1S/C15H14BrNO4/c1-7-2-3-9(8(16)6-7)17-14(18)12-10-4-5-11(21-10)13(12)15(19)20/h2-6,10-13H,1H3,(H,17,18)(H,19,20)/t10-,11-,12-,13-/m0/s1. The van der Waals surface area contributed by atoms with Gasteiger partial charge < -0.3 is 15.2 Å². The number of aryl methyl sites for hydroxylation is 1. The minimum absolute atomic E-state index is 0.330. The molecule has 1 saturated heterocycles. The second-order valence-electron chi connectivity index (χ2n) is 5.31. The van der Waals surface area contributed by atoms with Crippen molar-refractivity contribution < 1.29 is 19.4 Å². The van der Waals surface area contributed by atoms with Crippen molar-refractivity contribution in [1.82, 2.24) is 0 Å². The van der Waals surface area contributed by atoms with Crippen molar-refractivity contribution in [3.05, 3.63) is 40.4 Å². The molecule has 0 unspecified atom stereocenters. The zero-order valence-electron chi connectivity index (χ0n) is 11.2. The molecule has 110 valence electrons. The van der Waals surface area contributed by atoms with E-state index in [0.29, 0.717) is 5.69 Å². The van der Waals surface area contributed by atoms with Crippen LogP contribution in [0.5, 0.6) is 0 Å². The topological polar surface area (TPSA) is 75.6 Å². The van der Waals surface area contributed by atoms with Crippen molar-refractivity contribution in [2.75, 3.05) is 5.32 Å². The third-order valence-corrected chi connectivity index (χ3v) is 4.53. The third kappa shape index (κ3) is 2.49. The fourth-order valence-corrected chi connectivity index (χ4v) is 3.44. The van der Waals surface area contributed by atoms with Crippen molar-refractivity contribution in [3.63, 3.8) is 0 Å². The summed E-state index contributed by atoms with van der Waals surface area (Å²) in [5.74, 6) is -2.87. The number of carboxylic acid groups (broad SMARTS) is 1. The van der Waals surface area contributed by atoms with Gasteiger partial charge in [-0.3, -0.25) is 9.59 Å². The number of hydrogen-bond acceptors (Lipinski definition) is 3. The average Bonchev–Trinajstić information content (AvgIpc) is 3.02. The maximum absolute atomic E-state index is 12.4. The van der Waals surface area contributed by atoms with E-state index in [9.17, 15) is 14.7 Å². The van der Waals surface area contributed by atoms with Gasteiger partial charge in [-0.2, -0.15) is 0 Å². The Morgan fingerprint density at radius 2 is 1.90 bits per heavy atom. The summed E-state index contributed by atoms with van der Waals surface area (Å²) < 4.78 is 6.27. The van der Waals surface area contributed by atoms with Crippen molar-refractivity contribution in [2.45, 2.75) is 19.1 Å². The molecule has 1 aromatic carbocycles. The summed E-state index contributed by atoms with van der Waals surface area (Å²) in [7, 11) is 0. The molecule has 1 fully saturated rings. The number of carbonyl (C=O) groups is 2. The van der Waals surface area contributed by atoms with Gasteiger partial charge in [0.25, 0.3) is 0 Å². The normalized spacial score (nSPS) is 29.6. The summed E-state index contributed by atoms with van der Waals surface area (Å²) >= 11 is 3.39. The minimum Gasteiger partial charge on any atom is -0.481 e. The number of hydrogen-bond donors (Lipinski definition) is 2. The van der Waals surface area contributed by atoms with Gasteiger partial charge in [0.2, 0.25) is 5.91 Å². The number of fused-ring (bicyclic) bond motifs is 2. The number of amides is 1. The molecular formula is C15H14BrNO4. The maximum atomic E-state index is 12.4. The Balaban J connectivity index is 1.82. The summed E-state index contributed by atoms with van der Waals surface area (Å²) in [5.41, 5.74) is 1.69. The van der Waals surface area contributed by atoms with Gasteiger partial charge in [-0.1, -0.05) is 18.2 Å². The molecule has 2 heterocycles. The summed E-state index contributed by atoms with van der Waals surface area (Å²) in [6.07, 6.45) is 2.51. The summed E-state index contributed by atoms with van der Waals surface area (Å²) in [6, 6.07) is 5.56. The molecule has 5 nitrogen and oxygen atoms in total. The van der Waals surface area contributed by atoms with Crippen LogP contribution in [0.15, 0.2) is 34.8 Å². The average molecular weight is 352 g/mol. The fraction of sp³-hybridized carbons (Fsp3) is 0.333. The Bertz CT molecular complexity index is 643. The van der Waals surface area contributed by atoms with E-state index in [1.165, 1.54) is 0 Å². The molecule has 0 aromatic heterocycles. The molecular weight excluding hydrogens is 338 g/mol. The zero-order chi connectivity index (χ0) is 15.1. The largest absolute Gasteiger partial charge is 0.481 e. The number of halogens is 1. The van der Waals surface area contributed by atoms with Crippen LogP contribution in [0.3, 0.4) is 0 Å². The fourth-order valence-electron chi connectivity index (χ4n) is 2.85. The van der Waals surface area contributed by atoms with Gasteiger partial charge in [0.05, 0.1) is 23.8 Å². The van der Waals surface area contributed by atoms with Gasteiger partial charge in [-0.25, -0.2) is 0 Å². The molecule has 0 spiro atoms. The molecule has 0 saturated carbocycles. The van der Waals surface area contributed by atoms with E-state index in [1.54, 1.807) is 18.2 Å². The first kappa shape index (κ1) is 14.3. The van der Waals surface area contributed by atoms with Crippen molar-refractivity contribution in [2.24, 2.45) is 11.8 Å². The SMILES string of the molecule is Cc1ccc(NC(=O)[C@@H]2[C@@H](C(=O)O)[C@@H]3C=C[C@@H]2O3)c(Br)c1. The predicted molar refractivity (Wildman–Crippen MR) is 79.9 cm³/mol. The van der Waals surface area contributed by atoms with E-state index in [4.69, 9.17) is 4.74 Å². The Morgan fingerprint density at radius 1 is 1.24 bits per heavy atom. The molecule has 1 aromatic rings. The predicted octanol–water partition coefficient (Wildman–Crippen LogP) is 2.35. The number of ether oxygens (including phenoxy) is 1. The Hall–Kier alpha value is -1.66. The van der Waals surface area contributed by atoms with E-state index >= 15 is 0 Å². The number of carbonyl (C=O) groups excluding carboxylic acids is 1. The van der Waals surface area contributed by atoms with Gasteiger partial charge in [0, 0.05) is 4.47 Å². The van der Waals surface area contributed by atoms with Crippen LogP contribution in [0, 0.1) is 18.8 Å². The first-order valence-electron chi connectivity index (χ1n) is 6.61. The van der Waals surface area contributed by atoms with Gasteiger partial charge in [-0.15, -0.1) is 0 Å². The molecule has 2 bridgehead atoms.